The molecule has 0 saturated carbocycles. The van der Waals surface area contributed by atoms with Crippen LogP contribution in [0.2, 0.25) is 0 Å². The summed E-state index contributed by atoms with van der Waals surface area (Å²) >= 11 is 0. The first-order chi connectivity index (χ1) is 13.2. The quantitative estimate of drug-likeness (QED) is 0.852. The number of aliphatic imine (C=N–C) groups is 1. The van der Waals surface area contributed by atoms with Crippen molar-refractivity contribution in [2.24, 2.45) is 4.99 Å². The van der Waals surface area contributed by atoms with Crippen LogP contribution in [-0.2, 0) is 22.5 Å². The molecule has 1 aromatic heterocycles. The van der Waals surface area contributed by atoms with Crippen LogP contribution in [0, 0.1) is 0 Å². The van der Waals surface area contributed by atoms with Gasteiger partial charge in [0.15, 0.2) is 0 Å². The first kappa shape index (κ1) is 17.7. The predicted octanol–water partition coefficient (Wildman–Crippen LogP) is 2.14. The van der Waals surface area contributed by atoms with Crippen molar-refractivity contribution in [1.29, 1.82) is 0 Å². The third-order valence-corrected chi connectivity index (χ3v) is 5.12. The van der Waals surface area contributed by atoms with Crippen LogP contribution in [0.5, 0.6) is 0 Å². The summed E-state index contributed by atoms with van der Waals surface area (Å²) in [6.07, 6.45) is 4.07. The molecule has 0 bridgehead atoms. The number of carbonyl (C=O) groups excluding carboxylic acids is 1. The van der Waals surface area contributed by atoms with E-state index in [-0.39, 0.29) is 24.5 Å². The summed E-state index contributed by atoms with van der Waals surface area (Å²) in [5, 5.41) is 6.40. The lowest BCUT2D eigenvalue weighted by molar-refractivity contribution is -0.122. The highest BCUT2D eigenvalue weighted by Gasteiger charge is 2.29. The monoisotopic (exact) mass is 364 g/mol. The maximum atomic E-state index is 12.7. The molecule has 6 heteroatoms. The number of carbonyl (C=O) groups is 1. The number of fused-ring (bicyclic) bond motifs is 1. The molecule has 2 aliphatic heterocycles. The van der Waals surface area contributed by atoms with Gasteiger partial charge in [-0.25, -0.2) is 0 Å². The zero-order valence-electron chi connectivity index (χ0n) is 15.4. The van der Waals surface area contributed by atoms with Crippen molar-refractivity contribution in [2.75, 3.05) is 13.7 Å². The minimum absolute atomic E-state index is 0.0249. The van der Waals surface area contributed by atoms with Crippen molar-refractivity contribution >= 4 is 11.7 Å². The zero-order chi connectivity index (χ0) is 18.6. The normalized spacial score (nSPS) is 20.9. The lowest BCUT2D eigenvalue weighted by atomic mass is 9.99. The number of nitrogens with zero attached hydrogens (tertiary/aromatic N) is 2. The molecule has 2 atom stereocenters. The van der Waals surface area contributed by atoms with Crippen molar-refractivity contribution in [1.82, 2.24) is 15.6 Å². The number of amides is 1. The van der Waals surface area contributed by atoms with E-state index in [4.69, 9.17) is 4.74 Å². The van der Waals surface area contributed by atoms with Crippen molar-refractivity contribution < 1.29 is 9.53 Å². The Morgan fingerprint density at radius 3 is 3.00 bits per heavy atom. The van der Waals surface area contributed by atoms with Crippen LogP contribution in [0.15, 0.2) is 47.6 Å². The van der Waals surface area contributed by atoms with Gasteiger partial charge >= 0.3 is 0 Å². The minimum atomic E-state index is -0.129. The van der Waals surface area contributed by atoms with Gasteiger partial charge in [-0.3, -0.25) is 14.8 Å². The summed E-state index contributed by atoms with van der Waals surface area (Å²) in [5.41, 5.74) is 3.99. The van der Waals surface area contributed by atoms with E-state index < -0.39 is 0 Å². The maximum absolute atomic E-state index is 12.7. The second-order valence-corrected chi connectivity index (χ2v) is 6.94. The van der Waals surface area contributed by atoms with Crippen molar-refractivity contribution in [3.63, 3.8) is 0 Å². The third kappa shape index (κ3) is 3.85. The van der Waals surface area contributed by atoms with Gasteiger partial charge in [0.1, 0.15) is 5.84 Å². The van der Waals surface area contributed by atoms with E-state index in [1.807, 2.05) is 36.4 Å². The van der Waals surface area contributed by atoms with Gasteiger partial charge in [0.25, 0.3) is 0 Å². The van der Waals surface area contributed by atoms with Crippen molar-refractivity contribution in [2.45, 2.75) is 38.0 Å². The van der Waals surface area contributed by atoms with E-state index in [0.29, 0.717) is 0 Å². The summed E-state index contributed by atoms with van der Waals surface area (Å²) in [6, 6.07) is 11.9. The van der Waals surface area contributed by atoms with Crippen molar-refractivity contribution in [3.05, 3.63) is 65.0 Å². The molecule has 0 aliphatic carbocycles. The smallest absolute Gasteiger partial charge is 0.226 e. The molecular weight excluding hydrogens is 340 g/mol. The molecule has 6 nitrogen and oxygen atoms in total. The summed E-state index contributed by atoms with van der Waals surface area (Å²) in [4.78, 5) is 21.4. The molecule has 2 aliphatic rings. The molecular formula is C21H24N4O2. The fraction of sp³-hybridized carbons (Fsp3) is 0.381. The van der Waals surface area contributed by atoms with Crippen LogP contribution in [-0.4, -0.2) is 36.5 Å². The lowest BCUT2D eigenvalue weighted by Crippen LogP contribution is -2.37. The van der Waals surface area contributed by atoms with E-state index >= 15 is 0 Å². The van der Waals surface area contributed by atoms with Gasteiger partial charge in [-0.15, -0.1) is 0 Å². The Kier molecular flexibility index (Phi) is 5.16. The maximum Gasteiger partial charge on any atom is 0.226 e. The average molecular weight is 364 g/mol. The number of amidine groups is 1. The third-order valence-electron chi connectivity index (χ3n) is 5.12. The lowest BCUT2D eigenvalue weighted by Gasteiger charge is -2.24. The molecule has 140 valence electrons. The van der Waals surface area contributed by atoms with Gasteiger partial charge in [0.05, 0.1) is 24.3 Å². The SMILES string of the molecule is CN=C1NCc2cc(CC(=O)N[C@H](c3ccccc3)[C@@H]3CCCO3)ncc21. The number of rotatable bonds is 5. The Hall–Kier alpha value is -2.73. The number of pyridine rings is 1. The van der Waals surface area contributed by atoms with Gasteiger partial charge in [0.2, 0.25) is 5.91 Å². The number of hydrogen-bond acceptors (Lipinski definition) is 4. The Labute approximate surface area is 159 Å². The number of hydrogen-bond donors (Lipinski definition) is 2. The zero-order valence-corrected chi connectivity index (χ0v) is 15.4. The number of ether oxygens (including phenoxy) is 1. The Bertz CT molecular complexity index is 845. The summed E-state index contributed by atoms with van der Waals surface area (Å²) in [6.45, 7) is 1.48. The standard InChI is InChI=1S/C21H24N4O2/c1-22-21-17-13-23-16(10-15(17)12-24-21)11-19(26)25-20(18-8-5-9-27-18)14-6-3-2-4-7-14/h2-4,6-7,10,13,18,20H,5,8-9,11-12H2,1H3,(H,22,24)(H,25,26)/t18-,20+/m0/s1. The van der Waals surface area contributed by atoms with Gasteiger partial charge in [0, 0.05) is 32.0 Å². The molecule has 4 rings (SSSR count). The first-order valence-electron chi connectivity index (χ1n) is 9.39. The van der Waals surface area contributed by atoms with Crippen LogP contribution in [0.3, 0.4) is 0 Å². The Morgan fingerprint density at radius 1 is 1.41 bits per heavy atom. The fourth-order valence-corrected chi connectivity index (χ4v) is 3.78. The van der Waals surface area contributed by atoms with Crippen LogP contribution < -0.4 is 10.6 Å². The van der Waals surface area contributed by atoms with Gasteiger partial charge in [-0.05, 0) is 30.0 Å². The molecule has 2 aromatic rings. The van der Waals surface area contributed by atoms with Crippen LogP contribution >= 0.6 is 0 Å². The predicted molar refractivity (Wildman–Crippen MR) is 104 cm³/mol. The van der Waals surface area contributed by atoms with Gasteiger partial charge < -0.3 is 15.4 Å². The second-order valence-electron chi connectivity index (χ2n) is 6.94. The molecule has 3 heterocycles. The van der Waals surface area contributed by atoms with Crippen LogP contribution in [0.25, 0.3) is 0 Å². The first-order valence-corrected chi connectivity index (χ1v) is 9.39. The van der Waals surface area contributed by atoms with Gasteiger partial charge in [-0.1, -0.05) is 30.3 Å². The summed E-state index contributed by atoms with van der Waals surface area (Å²) < 4.78 is 5.85. The minimum Gasteiger partial charge on any atom is -0.376 e. The highest BCUT2D eigenvalue weighted by Crippen LogP contribution is 2.27. The van der Waals surface area contributed by atoms with E-state index in [1.165, 1.54) is 0 Å². The highest BCUT2D eigenvalue weighted by atomic mass is 16.5. The summed E-state index contributed by atoms with van der Waals surface area (Å²) in [7, 11) is 1.76. The van der Waals surface area contributed by atoms with E-state index in [0.717, 1.165) is 54.2 Å². The average Bonchev–Trinajstić information content (AvgIpc) is 3.36. The van der Waals surface area contributed by atoms with E-state index in [1.54, 1.807) is 13.2 Å². The molecule has 2 N–H and O–H groups in total. The largest absolute Gasteiger partial charge is 0.376 e. The van der Waals surface area contributed by atoms with E-state index in [2.05, 4.69) is 20.6 Å². The molecule has 0 unspecified atom stereocenters. The number of nitrogens with one attached hydrogen (secondary N) is 2. The molecule has 0 spiro atoms. The van der Waals surface area contributed by atoms with E-state index in [9.17, 15) is 4.79 Å². The van der Waals surface area contributed by atoms with Crippen LogP contribution in [0.4, 0.5) is 0 Å². The highest BCUT2D eigenvalue weighted by molar-refractivity contribution is 6.02. The molecule has 27 heavy (non-hydrogen) atoms. The Morgan fingerprint density at radius 2 is 2.26 bits per heavy atom. The van der Waals surface area contributed by atoms with Crippen molar-refractivity contribution in [3.8, 4) is 0 Å². The molecule has 1 amide bonds. The molecule has 0 radical (unpaired) electrons. The topological polar surface area (TPSA) is 75.6 Å². The second kappa shape index (κ2) is 7.88. The van der Waals surface area contributed by atoms with Crippen LogP contribution in [0.1, 0.15) is 41.3 Å². The van der Waals surface area contributed by atoms with Gasteiger partial charge in [-0.2, -0.15) is 0 Å². The molecule has 1 aromatic carbocycles. The molecule has 1 fully saturated rings. The number of benzene rings is 1. The number of aromatic nitrogens is 1. The summed E-state index contributed by atoms with van der Waals surface area (Å²) in [5.74, 6) is 0.818. The molecule has 1 saturated heterocycles. The fourth-order valence-electron chi connectivity index (χ4n) is 3.78. The Balaban J connectivity index is 1.47.